The molecule has 0 spiro atoms. The smallest absolute Gasteiger partial charge is 0.334 e. The van der Waals surface area contributed by atoms with Crippen LogP contribution in [-0.2, 0) is 6.54 Å². The predicted octanol–water partition coefficient (Wildman–Crippen LogP) is 2.44. The number of amides is 2. The van der Waals surface area contributed by atoms with Crippen LogP contribution in [0.5, 0.6) is 0 Å². The number of aromatic amines is 1. The van der Waals surface area contributed by atoms with E-state index >= 15 is 0 Å². The van der Waals surface area contributed by atoms with Crippen LogP contribution in [0.3, 0.4) is 0 Å². The molecule has 0 radical (unpaired) electrons. The molecule has 1 aromatic heterocycles. The molecule has 0 unspecified atom stereocenters. The Labute approximate surface area is 118 Å². The molecule has 2 rings (SSSR count). The van der Waals surface area contributed by atoms with Crippen LogP contribution in [0.15, 0.2) is 36.5 Å². The summed E-state index contributed by atoms with van der Waals surface area (Å²) in [7, 11) is 0. The van der Waals surface area contributed by atoms with Crippen molar-refractivity contribution in [2.45, 2.75) is 12.7 Å². The Morgan fingerprint density at radius 1 is 1.14 bits per heavy atom. The van der Waals surface area contributed by atoms with Gasteiger partial charge in [-0.1, -0.05) is 24.3 Å². The Bertz CT molecular complexity index is 578. The maximum atomic E-state index is 11.9. The summed E-state index contributed by atoms with van der Waals surface area (Å²) < 4.78 is 35.7. The summed E-state index contributed by atoms with van der Waals surface area (Å²) >= 11 is 0. The number of carbonyl (C=O) groups excluding carboxylic acids is 1. The highest BCUT2D eigenvalue weighted by Crippen LogP contribution is 2.16. The highest BCUT2D eigenvalue weighted by molar-refractivity contribution is 5.73. The van der Waals surface area contributed by atoms with Crippen LogP contribution in [0.1, 0.15) is 5.56 Å². The van der Waals surface area contributed by atoms with Gasteiger partial charge in [0.05, 0.1) is 5.69 Å². The molecule has 0 aliphatic rings. The van der Waals surface area contributed by atoms with Gasteiger partial charge in [0.15, 0.2) is 0 Å². The number of H-pyrrole nitrogens is 1. The summed E-state index contributed by atoms with van der Waals surface area (Å²) in [6.07, 6.45) is -2.78. The summed E-state index contributed by atoms with van der Waals surface area (Å²) in [6, 6.07) is 8.18. The highest BCUT2D eigenvalue weighted by atomic mass is 19.4. The maximum absolute atomic E-state index is 11.9. The predicted molar refractivity (Wildman–Crippen MR) is 70.3 cm³/mol. The Balaban J connectivity index is 1.82. The van der Waals surface area contributed by atoms with Crippen LogP contribution in [-0.4, -0.2) is 28.9 Å². The standard InChI is InChI=1S/C13H13F3N4O/c14-13(15,16)8-18-12(21)17-7-9-1-3-10(4-2-9)11-5-6-19-20-11/h1-6H,7-8H2,(H,19,20)(H2,17,18,21). The second-order valence-corrected chi connectivity index (χ2v) is 4.32. The summed E-state index contributed by atoms with van der Waals surface area (Å²) in [6.45, 7) is -1.20. The Kier molecular flexibility index (Phi) is 4.46. The fraction of sp³-hybridized carbons (Fsp3) is 0.231. The third kappa shape index (κ3) is 4.83. The average molecular weight is 298 g/mol. The van der Waals surface area contributed by atoms with Gasteiger partial charge < -0.3 is 10.6 Å². The van der Waals surface area contributed by atoms with E-state index in [4.69, 9.17) is 0 Å². The first-order valence-corrected chi connectivity index (χ1v) is 6.11. The van der Waals surface area contributed by atoms with Gasteiger partial charge in [0, 0.05) is 12.7 Å². The number of benzene rings is 1. The van der Waals surface area contributed by atoms with Crippen molar-refractivity contribution in [2.24, 2.45) is 0 Å². The first-order chi connectivity index (χ1) is 9.94. The first kappa shape index (κ1) is 14.9. The van der Waals surface area contributed by atoms with Crippen molar-refractivity contribution >= 4 is 6.03 Å². The number of nitrogens with zero attached hydrogens (tertiary/aromatic N) is 1. The zero-order valence-corrected chi connectivity index (χ0v) is 10.9. The van der Waals surface area contributed by atoms with Crippen LogP contribution >= 0.6 is 0 Å². The van der Waals surface area contributed by atoms with E-state index in [1.54, 1.807) is 23.6 Å². The monoisotopic (exact) mass is 298 g/mol. The summed E-state index contributed by atoms with van der Waals surface area (Å²) in [5.74, 6) is 0. The molecule has 2 amide bonds. The van der Waals surface area contributed by atoms with Gasteiger partial charge in [0.25, 0.3) is 0 Å². The molecule has 1 aromatic carbocycles. The average Bonchev–Trinajstić information content (AvgIpc) is 2.97. The van der Waals surface area contributed by atoms with Gasteiger partial charge in [0.2, 0.25) is 0 Å². The number of urea groups is 1. The van der Waals surface area contributed by atoms with Crippen molar-refractivity contribution in [2.75, 3.05) is 6.54 Å². The molecule has 1 heterocycles. The lowest BCUT2D eigenvalue weighted by Crippen LogP contribution is -2.40. The highest BCUT2D eigenvalue weighted by Gasteiger charge is 2.27. The van der Waals surface area contributed by atoms with Gasteiger partial charge in [0.1, 0.15) is 6.54 Å². The number of rotatable bonds is 4. The van der Waals surface area contributed by atoms with Crippen LogP contribution in [0, 0.1) is 0 Å². The molecule has 0 aliphatic heterocycles. The van der Waals surface area contributed by atoms with E-state index in [0.717, 1.165) is 16.8 Å². The van der Waals surface area contributed by atoms with Crippen molar-refractivity contribution < 1.29 is 18.0 Å². The van der Waals surface area contributed by atoms with Gasteiger partial charge in [-0.25, -0.2) is 4.79 Å². The quantitative estimate of drug-likeness (QED) is 0.811. The minimum Gasteiger partial charge on any atom is -0.334 e. The van der Waals surface area contributed by atoms with Gasteiger partial charge in [-0.15, -0.1) is 0 Å². The van der Waals surface area contributed by atoms with Gasteiger partial charge >= 0.3 is 12.2 Å². The van der Waals surface area contributed by atoms with E-state index < -0.39 is 18.8 Å². The second-order valence-electron chi connectivity index (χ2n) is 4.32. The van der Waals surface area contributed by atoms with E-state index in [2.05, 4.69) is 15.5 Å². The zero-order valence-electron chi connectivity index (χ0n) is 10.9. The fourth-order valence-electron chi connectivity index (χ4n) is 1.64. The minimum atomic E-state index is -4.41. The molecular formula is C13H13F3N4O. The SMILES string of the molecule is O=C(NCc1ccc(-c2ccn[nH]2)cc1)NCC(F)(F)F. The summed E-state index contributed by atoms with van der Waals surface area (Å²) in [5.41, 5.74) is 2.57. The molecule has 0 aliphatic carbocycles. The Morgan fingerprint density at radius 2 is 1.86 bits per heavy atom. The lowest BCUT2D eigenvalue weighted by molar-refractivity contribution is -0.122. The van der Waals surface area contributed by atoms with Crippen LogP contribution in [0.2, 0.25) is 0 Å². The third-order valence-electron chi connectivity index (χ3n) is 2.67. The van der Waals surface area contributed by atoms with Crippen molar-refractivity contribution in [1.29, 1.82) is 0 Å². The van der Waals surface area contributed by atoms with Crippen molar-refractivity contribution in [3.8, 4) is 11.3 Å². The largest absolute Gasteiger partial charge is 0.405 e. The lowest BCUT2D eigenvalue weighted by atomic mass is 10.1. The lowest BCUT2D eigenvalue weighted by Gasteiger charge is -2.10. The molecule has 0 bridgehead atoms. The fourth-order valence-corrected chi connectivity index (χ4v) is 1.64. The van der Waals surface area contributed by atoms with E-state index in [1.165, 1.54) is 0 Å². The topological polar surface area (TPSA) is 69.8 Å². The molecule has 0 saturated carbocycles. The van der Waals surface area contributed by atoms with Gasteiger partial charge in [-0.2, -0.15) is 18.3 Å². The molecule has 5 nitrogen and oxygen atoms in total. The van der Waals surface area contributed by atoms with Crippen LogP contribution in [0.4, 0.5) is 18.0 Å². The molecular weight excluding hydrogens is 285 g/mol. The van der Waals surface area contributed by atoms with Crippen LogP contribution < -0.4 is 10.6 Å². The molecule has 0 saturated heterocycles. The number of hydrogen-bond donors (Lipinski definition) is 3. The van der Waals surface area contributed by atoms with E-state index in [9.17, 15) is 18.0 Å². The maximum Gasteiger partial charge on any atom is 0.405 e. The number of halogens is 3. The summed E-state index contributed by atoms with van der Waals surface area (Å²) in [4.78, 5) is 11.2. The molecule has 8 heteroatoms. The third-order valence-corrected chi connectivity index (χ3v) is 2.67. The zero-order chi connectivity index (χ0) is 15.3. The van der Waals surface area contributed by atoms with Crippen molar-refractivity contribution in [3.63, 3.8) is 0 Å². The normalized spacial score (nSPS) is 11.2. The van der Waals surface area contributed by atoms with Crippen LogP contribution in [0.25, 0.3) is 11.3 Å². The Hall–Kier alpha value is -2.51. The number of carbonyl (C=O) groups is 1. The van der Waals surface area contributed by atoms with E-state index in [-0.39, 0.29) is 6.54 Å². The Morgan fingerprint density at radius 3 is 2.43 bits per heavy atom. The molecule has 2 aromatic rings. The molecule has 3 N–H and O–H groups in total. The number of alkyl halides is 3. The molecule has 112 valence electrons. The van der Waals surface area contributed by atoms with Crippen molar-refractivity contribution in [1.82, 2.24) is 20.8 Å². The summed E-state index contributed by atoms with van der Waals surface area (Å²) in [5, 5.41) is 10.8. The van der Waals surface area contributed by atoms with E-state index in [1.807, 2.05) is 18.2 Å². The number of nitrogens with one attached hydrogen (secondary N) is 3. The second kappa shape index (κ2) is 6.29. The molecule has 21 heavy (non-hydrogen) atoms. The first-order valence-electron chi connectivity index (χ1n) is 6.11. The van der Waals surface area contributed by atoms with Crippen molar-refractivity contribution in [3.05, 3.63) is 42.1 Å². The minimum absolute atomic E-state index is 0.146. The molecule has 0 fully saturated rings. The van der Waals surface area contributed by atoms with Gasteiger partial charge in [-0.3, -0.25) is 5.10 Å². The molecule has 0 atom stereocenters. The van der Waals surface area contributed by atoms with E-state index in [0.29, 0.717) is 0 Å². The number of hydrogen-bond acceptors (Lipinski definition) is 2. The number of aromatic nitrogens is 2. The van der Waals surface area contributed by atoms with Gasteiger partial charge in [-0.05, 0) is 17.2 Å².